The fourth-order valence-corrected chi connectivity index (χ4v) is 3.02. The molecular weight excluding hydrogens is 262 g/mol. The first-order chi connectivity index (χ1) is 8.75. The summed E-state index contributed by atoms with van der Waals surface area (Å²) >= 11 is 3.50. The molecule has 96 valence electrons. The highest BCUT2D eigenvalue weighted by Crippen LogP contribution is 2.15. The Morgan fingerprint density at radius 3 is 2.72 bits per heavy atom. The van der Waals surface area contributed by atoms with Gasteiger partial charge in [-0.15, -0.1) is 11.3 Å². The summed E-state index contributed by atoms with van der Waals surface area (Å²) in [6, 6.07) is 2.16. The van der Waals surface area contributed by atoms with E-state index in [0.717, 1.165) is 29.6 Å². The van der Waals surface area contributed by atoms with Gasteiger partial charge >= 0.3 is 0 Å². The summed E-state index contributed by atoms with van der Waals surface area (Å²) in [4.78, 5) is 9.95. The molecule has 0 bridgehead atoms. The Morgan fingerprint density at radius 2 is 2.06 bits per heavy atom. The lowest BCUT2D eigenvalue weighted by Crippen LogP contribution is -2.16. The zero-order chi connectivity index (χ0) is 12.8. The highest BCUT2D eigenvalue weighted by molar-refractivity contribution is 7.99. The van der Waals surface area contributed by atoms with Crippen molar-refractivity contribution in [2.75, 3.05) is 12.3 Å². The predicted octanol–water partition coefficient (Wildman–Crippen LogP) is 3.04. The lowest BCUT2D eigenvalue weighted by molar-refractivity contribution is 0.737. The number of hydrogen-bond acceptors (Lipinski definition) is 5. The van der Waals surface area contributed by atoms with Gasteiger partial charge in [0.2, 0.25) is 0 Å². The van der Waals surface area contributed by atoms with Gasteiger partial charge < -0.3 is 5.32 Å². The van der Waals surface area contributed by atoms with Gasteiger partial charge in [0.05, 0.1) is 0 Å². The average Bonchev–Trinajstić information content (AvgIpc) is 2.77. The standard InChI is InChI=1S/C13H17N3S2/c1-10-7-15-13(16-8-10)18-6-4-14-9-12-11(2)3-5-17-12/h3,5,7-8,14H,4,6,9H2,1-2H3. The molecule has 0 spiro atoms. The molecule has 5 heteroatoms. The van der Waals surface area contributed by atoms with Crippen LogP contribution in [0.1, 0.15) is 16.0 Å². The van der Waals surface area contributed by atoms with Crippen LogP contribution in [-0.2, 0) is 6.54 Å². The minimum atomic E-state index is 0.856. The molecule has 0 saturated carbocycles. The third-order valence-corrected chi connectivity index (χ3v) is 4.42. The molecule has 0 fully saturated rings. The van der Waals surface area contributed by atoms with Crippen LogP contribution in [0.2, 0.25) is 0 Å². The summed E-state index contributed by atoms with van der Waals surface area (Å²) in [5.41, 5.74) is 2.48. The molecule has 2 heterocycles. The molecule has 0 radical (unpaired) electrons. The largest absolute Gasteiger partial charge is 0.311 e. The molecule has 0 aromatic carbocycles. The quantitative estimate of drug-likeness (QED) is 0.501. The van der Waals surface area contributed by atoms with E-state index >= 15 is 0 Å². The molecule has 0 amide bonds. The lowest BCUT2D eigenvalue weighted by atomic mass is 10.3. The second kappa shape index (κ2) is 6.87. The Bertz CT molecular complexity index is 479. The van der Waals surface area contributed by atoms with Gasteiger partial charge in [-0.05, 0) is 36.4 Å². The van der Waals surface area contributed by atoms with E-state index in [9.17, 15) is 0 Å². The van der Waals surface area contributed by atoms with Crippen molar-refractivity contribution in [3.63, 3.8) is 0 Å². The van der Waals surface area contributed by atoms with E-state index in [0.29, 0.717) is 0 Å². The van der Waals surface area contributed by atoms with Gasteiger partial charge in [-0.2, -0.15) is 0 Å². The van der Waals surface area contributed by atoms with Crippen molar-refractivity contribution in [1.82, 2.24) is 15.3 Å². The molecule has 0 saturated heterocycles. The van der Waals surface area contributed by atoms with E-state index in [-0.39, 0.29) is 0 Å². The van der Waals surface area contributed by atoms with Crippen molar-refractivity contribution >= 4 is 23.1 Å². The van der Waals surface area contributed by atoms with E-state index in [2.05, 4.69) is 33.7 Å². The van der Waals surface area contributed by atoms with Gasteiger partial charge in [-0.3, -0.25) is 0 Å². The van der Waals surface area contributed by atoms with Crippen molar-refractivity contribution < 1.29 is 0 Å². The van der Waals surface area contributed by atoms with Crippen LogP contribution < -0.4 is 5.32 Å². The molecule has 18 heavy (non-hydrogen) atoms. The summed E-state index contributed by atoms with van der Waals surface area (Å²) < 4.78 is 0. The number of aryl methyl sites for hydroxylation is 2. The molecule has 1 N–H and O–H groups in total. The first-order valence-corrected chi connectivity index (χ1v) is 7.77. The normalized spacial score (nSPS) is 10.8. The van der Waals surface area contributed by atoms with Crippen molar-refractivity contribution in [2.45, 2.75) is 25.5 Å². The van der Waals surface area contributed by atoms with Crippen molar-refractivity contribution in [3.05, 3.63) is 39.8 Å². The second-order valence-electron chi connectivity index (χ2n) is 4.10. The average molecular weight is 279 g/mol. The van der Waals surface area contributed by atoms with E-state index < -0.39 is 0 Å². The second-order valence-corrected chi connectivity index (χ2v) is 6.16. The fraction of sp³-hybridized carbons (Fsp3) is 0.385. The van der Waals surface area contributed by atoms with Gasteiger partial charge in [-0.1, -0.05) is 11.8 Å². The van der Waals surface area contributed by atoms with Crippen LogP contribution in [-0.4, -0.2) is 22.3 Å². The Morgan fingerprint density at radius 1 is 1.28 bits per heavy atom. The third kappa shape index (κ3) is 4.08. The topological polar surface area (TPSA) is 37.8 Å². The van der Waals surface area contributed by atoms with Gasteiger partial charge in [0.1, 0.15) is 0 Å². The predicted molar refractivity (Wildman–Crippen MR) is 78.3 cm³/mol. The lowest BCUT2D eigenvalue weighted by Gasteiger charge is -2.03. The number of thiophene rings is 1. The summed E-state index contributed by atoms with van der Waals surface area (Å²) in [5.74, 6) is 0.994. The number of rotatable bonds is 6. The van der Waals surface area contributed by atoms with Gasteiger partial charge in [0.15, 0.2) is 5.16 Å². The van der Waals surface area contributed by atoms with Gasteiger partial charge in [0.25, 0.3) is 0 Å². The maximum absolute atomic E-state index is 4.27. The molecule has 2 rings (SSSR count). The molecule has 0 aliphatic heterocycles. The highest BCUT2D eigenvalue weighted by atomic mass is 32.2. The zero-order valence-corrected chi connectivity index (χ0v) is 12.3. The molecule has 2 aromatic heterocycles. The Balaban J connectivity index is 1.64. The number of thioether (sulfide) groups is 1. The number of hydrogen-bond donors (Lipinski definition) is 1. The first kappa shape index (κ1) is 13.5. The van der Waals surface area contributed by atoms with E-state index in [1.54, 1.807) is 11.8 Å². The van der Waals surface area contributed by atoms with Crippen molar-refractivity contribution in [1.29, 1.82) is 0 Å². The van der Waals surface area contributed by atoms with E-state index in [1.165, 1.54) is 10.4 Å². The minimum absolute atomic E-state index is 0.856. The van der Waals surface area contributed by atoms with Crippen LogP contribution in [0.4, 0.5) is 0 Å². The number of aromatic nitrogens is 2. The van der Waals surface area contributed by atoms with Crippen LogP contribution in [0.3, 0.4) is 0 Å². The molecule has 3 nitrogen and oxygen atoms in total. The van der Waals surface area contributed by atoms with Crippen LogP contribution in [0.25, 0.3) is 0 Å². The maximum Gasteiger partial charge on any atom is 0.187 e. The molecule has 0 aliphatic carbocycles. The van der Waals surface area contributed by atoms with Crippen LogP contribution in [0.15, 0.2) is 29.0 Å². The van der Waals surface area contributed by atoms with Crippen molar-refractivity contribution in [2.24, 2.45) is 0 Å². The minimum Gasteiger partial charge on any atom is -0.311 e. The molecular formula is C13H17N3S2. The van der Waals surface area contributed by atoms with Gasteiger partial charge in [-0.25, -0.2) is 9.97 Å². The Kier molecular flexibility index (Phi) is 5.16. The molecule has 0 atom stereocenters. The molecule has 2 aromatic rings. The fourth-order valence-electron chi connectivity index (χ4n) is 1.46. The maximum atomic E-state index is 4.27. The summed E-state index contributed by atoms with van der Waals surface area (Å²) in [6.45, 7) is 6.08. The molecule has 0 aliphatic rings. The number of nitrogens with zero attached hydrogens (tertiary/aromatic N) is 2. The summed E-state index contributed by atoms with van der Waals surface area (Å²) in [5, 5.41) is 6.44. The van der Waals surface area contributed by atoms with Crippen molar-refractivity contribution in [3.8, 4) is 0 Å². The van der Waals surface area contributed by atoms with Gasteiger partial charge in [0, 0.05) is 36.1 Å². The first-order valence-electron chi connectivity index (χ1n) is 5.91. The zero-order valence-electron chi connectivity index (χ0n) is 10.6. The van der Waals surface area contributed by atoms with E-state index in [4.69, 9.17) is 0 Å². The van der Waals surface area contributed by atoms with Crippen LogP contribution in [0, 0.1) is 13.8 Å². The monoisotopic (exact) mass is 279 g/mol. The van der Waals surface area contributed by atoms with Crippen LogP contribution >= 0.6 is 23.1 Å². The smallest absolute Gasteiger partial charge is 0.187 e. The summed E-state index contributed by atoms with van der Waals surface area (Å²) in [7, 11) is 0. The Labute approximate surface area is 116 Å². The van der Waals surface area contributed by atoms with E-state index in [1.807, 2.05) is 30.7 Å². The molecule has 0 unspecified atom stereocenters. The van der Waals surface area contributed by atoms with Crippen LogP contribution in [0.5, 0.6) is 0 Å². The third-order valence-electron chi connectivity index (χ3n) is 2.52. The highest BCUT2D eigenvalue weighted by Gasteiger charge is 2.00. The number of nitrogens with one attached hydrogen (secondary N) is 1. The SMILES string of the molecule is Cc1cnc(SCCNCc2sccc2C)nc1. The summed E-state index contributed by atoms with van der Waals surface area (Å²) in [6.07, 6.45) is 3.72. The Hall–Kier alpha value is -0.910.